The van der Waals surface area contributed by atoms with Crippen molar-refractivity contribution < 1.29 is 0 Å². The van der Waals surface area contributed by atoms with Gasteiger partial charge in [-0.05, 0) is 30.1 Å². The quantitative estimate of drug-likeness (QED) is 0.787. The van der Waals surface area contributed by atoms with Crippen LogP contribution in [0.5, 0.6) is 0 Å². The second-order valence-corrected chi connectivity index (χ2v) is 5.73. The monoisotopic (exact) mass is 288 g/mol. The first kappa shape index (κ1) is 14.6. The molecule has 1 atom stereocenters. The Balaban J connectivity index is 2.77. The van der Waals surface area contributed by atoms with E-state index >= 15 is 0 Å². The Labute approximate surface area is 117 Å². The summed E-state index contributed by atoms with van der Waals surface area (Å²) < 4.78 is 0. The van der Waals surface area contributed by atoms with Crippen molar-refractivity contribution in [2.75, 3.05) is 23.9 Å². The minimum atomic E-state index is 0.329. The largest absolute Gasteiger partial charge is 0.389 e. The summed E-state index contributed by atoms with van der Waals surface area (Å²) in [5.74, 6) is 1.71. The standard InChI is InChI=1S/C12H17ClN2S2/c1-8(7-17-2)6-15-10-5-3-4-9(13)11(10)12(14)16/h3-5,8,15H,6-7H2,1-2H3,(H2,14,16). The predicted molar refractivity (Wildman–Crippen MR) is 83.4 cm³/mol. The van der Waals surface area contributed by atoms with Crippen LogP contribution in [0.1, 0.15) is 12.5 Å². The van der Waals surface area contributed by atoms with E-state index in [1.165, 1.54) is 0 Å². The molecule has 0 aliphatic rings. The maximum Gasteiger partial charge on any atom is 0.107 e. The molecule has 94 valence electrons. The molecule has 3 N–H and O–H groups in total. The smallest absolute Gasteiger partial charge is 0.107 e. The van der Waals surface area contributed by atoms with Gasteiger partial charge in [-0.3, -0.25) is 0 Å². The Morgan fingerprint density at radius 3 is 2.88 bits per heavy atom. The van der Waals surface area contributed by atoms with Crippen LogP contribution >= 0.6 is 35.6 Å². The number of benzene rings is 1. The van der Waals surface area contributed by atoms with Gasteiger partial charge in [0, 0.05) is 12.2 Å². The van der Waals surface area contributed by atoms with E-state index in [4.69, 9.17) is 29.6 Å². The van der Waals surface area contributed by atoms with Gasteiger partial charge in [0.15, 0.2) is 0 Å². The molecule has 0 aliphatic heterocycles. The number of anilines is 1. The van der Waals surface area contributed by atoms with Gasteiger partial charge in [-0.25, -0.2) is 0 Å². The van der Waals surface area contributed by atoms with E-state index < -0.39 is 0 Å². The minimum Gasteiger partial charge on any atom is -0.389 e. The molecule has 5 heteroatoms. The first-order valence-electron chi connectivity index (χ1n) is 5.37. The second-order valence-electron chi connectivity index (χ2n) is 3.97. The van der Waals surface area contributed by atoms with Crippen LogP contribution in [-0.2, 0) is 0 Å². The zero-order chi connectivity index (χ0) is 12.8. The highest BCUT2D eigenvalue weighted by atomic mass is 35.5. The van der Waals surface area contributed by atoms with Crippen LogP contribution in [0.3, 0.4) is 0 Å². The predicted octanol–water partition coefficient (Wildman–Crippen LogP) is 3.39. The third-order valence-electron chi connectivity index (χ3n) is 2.35. The van der Waals surface area contributed by atoms with Crippen LogP contribution in [0.15, 0.2) is 18.2 Å². The number of halogens is 1. The van der Waals surface area contributed by atoms with E-state index in [0.717, 1.165) is 23.5 Å². The molecule has 0 spiro atoms. The average Bonchev–Trinajstić information content (AvgIpc) is 2.26. The van der Waals surface area contributed by atoms with Crippen LogP contribution in [0, 0.1) is 5.92 Å². The molecule has 1 unspecified atom stereocenters. The molecule has 1 rings (SSSR count). The molecule has 1 aromatic rings. The Bertz CT molecular complexity index is 396. The number of thioether (sulfide) groups is 1. The molecule has 17 heavy (non-hydrogen) atoms. The molecule has 0 radical (unpaired) electrons. The summed E-state index contributed by atoms with van der Waals surface area (Å²) in [7, 11) is 0. The number of nitrogens with one attached hydrogen (secondary N) is 1. The van der Waals surface area contributed by atoms with Gasteiger partial charge in [0.25, 0.3) is 0 Å². The van der Waals surface area contributed by atoms with Gasteiger partial charge in [-0.15, -0.1) is 0 Å². The summed E-state index contributed by atoms with van der Waals surface area (Å²) in [5.41, 5.74) is 7.33. The zero-order valence-corrected chi connectivity index (χ0v) is 12.4. The lowest BCUT2D eigenvalue weighted by molar-refractivity contribution is 0.701. The van der Waals surface area contributed by atoms with Crippen molar-refractivity contribution in [1.29, 1.82) is 0 Å². The fourth-order valence-electron chi connectivity index (χ4n) is 1.55. The summed E-state index contributed by atoms with van der Waals surface area (Å²) in [4.78, 5) is 0.329. The van der Waals surface area contributed by atoms with Crippen molar-refractivity contribution in [3.05, 3.63) is 28.8 Å². The van der Waals surface area contributed by atoms with Crippen molar-refractivity contribution in [3.8, 4) is 0 Å². The van der Waals surface area contributed by atoms with E-state index in [-0.39, 0.29) is 0 Å². The van der Waals surface area contributed by atoms with Gasteiger partial charge in [0.2, 0.25) is 0 Å². The fourth-order valence-corrected chi connectivity index (χ4v) is 2.79. The van der Waals surface area contributed by atoms with Crippen molar-refractivity contribution in [3.63, 3.8) is 0 Å². The van der Waals surface area contributed by atoms with Gasteiger partial charge in [-0.2, -0.15) is 11.8 Å². The van der Waals surface area contributed by atoms with E-state index in [1.807, 2.05) is 23.9 Å². The molecule has 0 bridgehead atoms. The van der Waals surface area contributed by atoms with Crippen molar-refractivity contribution in [2.45, 2.75) is 6.92 Å². The minimum absolute atomic E-state index is 0.329. The summed E-state index contributed by atoms with van der Waals surface area (Å²) in [6.07, 6.45) is 2.11. The molecule has 0 aromatic heterocycles. The van der Waals surface area contributed by atoms with E-state index in [2.05, 4.69) is 18.5 Å². The van der Waals surface area contributed by atoms with Gasteiger partial charge < -0.3 is 11.1 Å². The molecule has 0 saturated heterocycles. The summed E-state index contributed by atoms with van der Waals surface area (Å²) >= 11 is 12.9. The van der Waals surface area contributed by atoms with Crippen LogP contribution < -0.4 is 11.1 Å². The normalized spacial score (nSPS) is 12.2. The lowest BCUT2D eigenvalue weighted by atomic mass is 10.1. The number of hydrogen-bond donors (Lipinski definition) is 2. The highest BCUT2D eigenvalue weighted by Gasteiger charge is 2.10. The fraction of sp³-hybridized carbons (Fsp3) is 0.417. The Kier molecular flexibility index (Phi) is 6.09. The van der Waals surface area contributed by atoms with Gasteiger partial charge in [0.05, 0.1) is 10.6 Å². The maximum atomic E-state index is 6.09. The SMILES string of the molecule is CSCC(C)CNc1cccc(Cl)c1C(N)=S. The topological polar surface area (TPSA) is 38.0 Å². The van der Waals surface area contributed by atoms with Crippen LogP contribution in [-0.4, -0.2) is 23.5 Å². The van der Waals surface area contributed by atoms with Crippen LogP contribution in [0.2, 0.25) is 5.02 Å². The van der Waals surface area contributed by atoms with Crippen molar-refractivity contribution >= 4 is 46.3 Å². The maximum absolute atomic E-state index is 6.09. The Morgan fingerprint density at radius 2 is 2.29 bits per heavy atom. The van der Waals surface area contributed by atoms with E-state index in [1.54, 1.807) is 6.07 Å². The Morgan fingerprint density at radius 1 is 1.59 bits per heavy atom. The summed E-state index contributed by atoms with van der Waals surface area (Å²) in [6.45, 7) is 3.09. The first-order chi connectivity index (χ1) is 8.06. The molecule has 0 saturated carbocycles. The summed E-state index contributed by atoms with van der Waals surface area (Å²) in [5, 5.41) is 3.95. The van der Waals surface area contributed by atoms with Gasteiger partial charge >= 0.3 is 0 Å². The highest BCUT2D eigenvalue weighted by Crippen LogP contribution is 2.24. The van der Waals surface area contributed by atoms with E-state index in [9.17, 15) is 0 Å². The highest BCUT2D eigenvalue weighted by molar-refractivity contribution is 7.98. The molecular formula is C12H17ClN2S2. The van der Waals surface area contributed by atoms with Gasteiger partial charge in [-0.1, -0.05) is 36.8 Å². The third-order valence-corrected chi connectivity index (χ3v) is 3.77. The van der Waals surface area contributed by atoms with Crippen molar-refractivity contribution in [1.82, 2.24) is 0 Å². The second kappa shape index (κ2) is 7.09. The lowest BCUT2D eigenvalue weighted by Crippen LogP contribution is -2.18. The lowest BCUT2D eigenvalue weighted by Gasteiger charge is -2.15. The Hall–Kier alpha value is -0.450. The molecule has 0 aliphatic carbocycles. The molecule has 0 amide bonds. The first-order valence-corrected chi connectivity index (χ1v) is 7.55. The molecule has 2 nitrogen and oxygen atoms in total. The number of thiocarbonyl (C=S) groups is 1. The number of nitrogens with two attached hydrogens (primary N) is 1. The van der Waals surface area contributed by atoms with Crippen LogP contribution in [0.25, 0.3) is 0 Å². The average molecular weight is 289 g/mol. The summed E-state index contributed by atoms with van der Waals surface area (Å²) in [6, 6.07) is 5.64. The van der Waals surface area contributed by atoms with Crippen LogP contribution in [0.4, 0.5) is 5.69 Å². The number of rotatable bonds is 6. The van der Waals surface area contributed by atoms with Crippen molar-refractivity contribution in [2.24, 2.45) is 11.7 Å². The molecule has 0 heterocycles. The van der Waals surface area contributed by atoms with E-state index in [0.29, 0.717) is 15.9 Å². The third kappa shape index (κ3) is 4.37. The molecule has 1 aromatic carbocycles. The zero-order valence-electron chi connectivity index (χ0n) is 10.00. The molecular weight excluding hydrogens is 272 g/mol. The van der Waals surface area contributed by atoms with Gasteiger partial charge in [0.1, 0.15) is 4.99 Å². The number of hydrogen-bond acceptors (Lipinski definition) is 3. The molecule has 0 fully saturated rings.